The first kappa shape index (κ1) is 29.8. The maximum atomic E-state index is 11.8. The molecule has 0 aromatic heterocycles. The van der Waals surface area contributed by atoms with Crippen molar-refractivity contribution in [2.45, 2.75) is 77.0 Å². The molecule has 31 heavy (non-hydrogen) atoms. The van der Waals surface area contributed by atoms with Crippen LogP contribution < -0.4 is 5.32 Å². The summed E-state index contributed by atoms with van der Waals surface area (Å²) < 4.78 is 5.37. The van der Waals surface area contributed by atoms with Gasteiger partial charge in [-0.25, -0.2) is 4.79 Å². The molecule has 184 valence electrons. The largest absolute Gasteiger partial charge is 0.449 e. The smallest absolute Gasteiger partial charge is 0.407 e. The van der Waals surface area contributed by atoms with Crippen molar-refractivity contribution in [3.8, 4) is 0 Å². The van der Waals surface area contributed by atoms with Crippen molar-refractivity contribution < 1.29 is 34.8 Å². The van der Waals surface area contributed by atoms with Crippen LogP contribution in [0.4, 0.5) is 4.79 Å². The van der Waals surface area contributed by atoms with Gasteiger partial charge in [-0.3, -0.25) is 0 Å². The Kier molecular flexibility index (Phi) is 21.1. The molecule has 0 aliphatic carbocycles. The second kappa shape index (κ2) is 22.0. The minimum atomic E-state index is -0.514. The van der Waals surface area contributed by atoms with Gasteiger partial charge in [-0.15, -0.1) is 0 Å². The summed E-state index contributed by atoms with van der Waals surface area (Å²) in [5.74, 6) is 0.921. The summed E-state index contributed by atoms with van der Waals surface area (Å²) in [6.45, 7) is 1.16. The van der Waals surface area contributed by atoms with E-state index in [2.05, 4.69) is 5.32 Å². The van der Waals surface area contributed by atoms with Gasteiger partial charge >= 0.3 is 6.09 Å². The number of nitrogens with one attached hydrogen (secondary N) is 1. The Bertz CT molecular complexity index is 423. The first-order valence-corrected chi connectivity index (χ1v) is 11.9. The molecular weight excluding hydrogens is 402 g/mol. The number of aliphatic hydroxyl groups excluding tert-OH is 4. The van der Waals surface area contributed by atoms with E-state index in [1.165, 1.54) is 0 Å². The molecule has 0 saturated carbocycles. The van der Waals surface area contributed by atoms with E-state index < -0.39 is 6.09 Å². The molecule has 5 N–H and O–H groups in total. The molecule has 0 saturated heterocycles. The SMILES string of the molecule is O=CCCNC(=O)OCC(CCCC(CCO)CCCO)CCC(CCO)CCCO. The Hall–Kier alpha value is -1.22. The molecule has 0 aromatic rings. The lowest BCUT2D eigenvalue weighted by molar-refractivity contribution is -0.107. The quantitative estimate of drug-likeness (QED) is 0.127. The van der Waals surface area contributed by atoms with Crippen LogP contribution in [-0.4, -0.2) is 72.4 Å². The fourth-order valence-corrected chi connectivity index (χ4v) is 3.95. The first-order valence-electron chi connectivity index (χ1n) is 11.9. The van der Waals surface area contributed by atoms with Crippen LogP contribution in [0.2, 0.25) is 0 Å². The third-order valence-electron chi connectivity index (χ3n) is 5.81. The van der Waals surface area contributed by atoms with Crippen LogP contribution in [0, 0.1) is 17.8 Å². The minimum absolute atomic E-state index is 0.129. The lowest BCUT2D eigenvalue weighted by Gasteiger charge is -2.22. The molecule has 0 aromatic carbocycles. The average Bonchev–Trinajstić information content (AvgIpc) is 2.77. The van der Waals surface area contributed by atoms with Crippen molar-refractivity contribution in [3.05, 3.63) is 0 Å². The minimum Gasteiger partial charge on any atom is -0.449 e. The van der Waals surface area contributed by atoms with E-state index in [0.29, 0.717) is 24.9 Å². The average molecular weight is 448 g/mol. The number of aldehydes is 1. The summed E-state index contributed by atoms with van der Waals surface area (Å²) in [6.07, 6.45) is 9.77. The Morgan fingerprint density at radius 2 is 1.23 bits per heavy atom. The standard InChI is InChI=1S/C23H45NO7/c25-14-2-7-20(11-17-28)5-1-6-22(19-31-23(30)24-13-4-16-27)10-9-21(12-18-29)8-3-15-26/h16,20-22,25-26,28-29H,1-15,17-19H2,(H,24,30). The molecule has 0 aliphatic rings. The molecule has 0 fully saturated rings. The summed E-state index contributed by atoms with van der Waals surface area (Å²) in [5.41, 5.74) is 0. The molecule has 0 rings (SSSR count). The Morgan fingerprint density at radius 1 is 0.710 bits per heavy atom. The zero-order chi connectivity index (χ0) is 23.2. The topological polar surface area (TPSA) is 136 Å². The van der Waals surface area contributed by atoms with Crippen LogP contribution in [0.1, 0.15) is 77.0 Å². The second-order valence-corrected chi connectivity index (χ2v) is 8.34. The summed E-state index contributed by atoms with van der Waals surface area (Å²) in [4.78, 5) is 22.2. The molecular formula is C23H45NO7. The van der Waals surface area contributed by atoms with Gasteiger partial charge in [-0.2, -0.15) is 0 Å². The number of hydrogen-bond donors (Lipinski definition) is 5. The molecule has 0 bridgehead atoms. The summed E-state index contributed by atoms with van der Waals surface area (Å²) in [5, 5.41) is 39.3. The van der Waals surface area contributed by atoms with Gasteiger partial charge in [0.2, 0.25) is 0 Å². The fraction of sp³-hybridized carbons (Fsp3) is 0.913. The lowest BCUT2D eigenvalue weighted by Crippen LogP contribution is -2.27. The van der Waals surface area contributed by atoms with Gasteiger partial charge in [0.25, 0.3) is 0 Å². The molecule has 8 nitrogen and oxygen atoms in total. The summed E-state index contributed by atoms with van der Waals surface area (Å²) >= 11 is 0. The van der Waals surface area contributed by atoms with E-state index in [4.69, 9.17) is 14.9 Å². The van der Waals surface area contributed by atoms with Crippen LogP contribution in [0.25, 0.3) is 0 Å². The number of ether oxygens (including phenoxy) is 1. The molecule has 3 atom stereocenters. The molecule has 0 heterocycles. The highest BCUT2D eigenvalue weighted by atomic mass is 16.5. The number of hydrogen-bond acceptors (Lipinski definition) is 7. The second-order valence-electron chi connectivity index (χ2n) is 8.34. The molecule has 8 heteroatoms. The van der Waals surface area contributed by atoms with Crippen LogP contribution in [0.3, 0.4) is 0 Å². The third-order valence-corrected chi connectivity index (χ3v) is 5.81. The zero-order valence-electron chi connectivity index (χ0n) is 19.1. The van der Waals surface area contributed by atoms with Gasteiger partial charge in [0.05, 0.1) is 6.61 Å². The number of carbonyl (C=O) groups excluding carboxylic acids is 2. The van der Waals surface area contributed by atoms with Crippen LogP contribution in [0.15, 0.2) is 0 Å². The van der Waals surface area contributed by atoms with E-state index in [9.17, 15) is 19.8 Å². The van der Waals surface area contributed by atoms with Crippen molar-refractivity contribution in [1.29, 1.82) is 0 Å². The van der Waals surface area contributed by atoms with Gasteiger partial charge in [-0.1, -0.05) is 12.8 Å². The third kappa shape index (κ3) is 18.1. The van der Waals surface area contributed by atoms with Crippen LogP contribution in [-0.2, 0) is 9.53 Å². The predicted octanol–water partition coefficient (Wildman–Crippen LogP) is 2.41. The fourth-order valence-electron chi connectivity index (χ4n) is 3.95. The lowest BCUT2D eigenvalue weighted by atomic mass is 9.87. The molecule has 0 radical (unpaired) electrons. The number of amides is 1. The first-order chi connectivity index (χ1) is 15.1. The van der Waals surface area contributed by atoms with E-state index >= 15 is 0 Å². The monoisotopic (exact) mass is 447 g/mol. The molecule has 1 amide bonds. The summed E-state index contributed by atoms with van der Waals surface area (Å²) in [6, 6.07) is 0. The van der Waals surface area contributed by atoms with Gasteiger partial charge in [0.15, 0.2) is 0 Å². The number of rotatable bonds is 22. The summed E-state index contributed by atoms with van der Waals surface area (Å²) in [7, 11) is 0. The van der Waals surface area contributed by atoms with E-state index in [1.807, 2.05) is 0 Å². The van der Waals surface area contributed by atoms with E-state index in [0.717, 1.165) is 70.5 Å². The van der Waals surface area contributed by atoms with Gasteiger partial charge in [-0.05, 0) is 75.5 Å². The van der Waals surface area contributed by atoms with Crippen molar-refractivity contribution in [2.75, 3.05) is 39.6 Å². The highest BCUT2D eigenvalue weighted by Gasteiger charge is 2.17. The Balaban J connectivity index is 4.64. The number of aliphatic hydroxyl groups is 4. The van der Waals surface area contributed by atoms with Crippen molar-refractivity contribution in [3.63, 3.8) is 0 Å². The number of carbonyl (C=O) groups is 2. The molecule has 0 spiro atoms. The molecule has 3 unspecified atom stereocenters. The maximum Gasteiger partial charge on any atom is 0.407 e. The van der Waals surface area contributed by atoms with Crippen molar-refractivity contribution in [2.24, 2.45) is 17.8 Å². The van der Waals surface area contributed by atoms with Gasteiger partial charge in [0.1, 0.15) is 6.29 Å². The van der Waals surface area contributed by atoms with E-state index in [-0.39, 0.29) is 45.3 Å². The highest BCUT2D eigenvalue weighted by Crippen LogP contribution is 2.26. The zero-order valence-corrected chi connectivity index (χ0v) is 19.1. The highest BCUT2D eigenvalue weighted by molar-refractivity contribution is 5.67. The van der Waals surface area contributed by atoms with Crippen molar-refractivity contribution >= 4 is 12.4 Å². The predicted molar refractivity (Wildman–Crippen MR) is 120 cm³/mol. The van der Waals surface area contributed by atoms with Crippen molar-refractivity contribution in [1.82, 2.24) is 5.32 Å². The molecule has 0 aliphatic heterocycles. The van der Waals surface area contributed by atoms with Gasteiger partial charge < -0.3 is 35.3 Å². The normalized spacial score (nSPS) is 14.1. The van der Waals surface area contributed by atoms with Crippen LogP contribution in [0.5, 0.6) is 0 Å². The maximum absolute atomic E-state index is 11.8. The Morgan fingerprint density at radius 3 is 1.77 bits per heavy atom. The Labute approximate surface area is 187 Å². The van der Waals surface area contributed by atoms with Gasteiger partial charge in [0, 0.05) is 39.4 Å². The van der Waals surface area contributed by atoms with E-state index in [1.54, 1.807) is 0 Å². The van der Waals surface area contributed by atoms with Crippen LogP contribution >= 0.6 is 0 Å². The number of alkyl carbamates (subject to hydrolysis) is 1.